The molecule has 0 aliphatic carbocycles. The van der Waals surface area contributed by atoms with E-state index in [1.165, 1.54) is 6.07 Å². The molecule has 0 aliphatic heterocycles. The van der Waals surface area contributed by atoms with Crippen LogP contribution in [0, 0.1) is 5.82 Å². The minimum absolute atomic E-state index is 0.196. The lowest BCUT2D eigenvalue weighted by Crippen LogP contribution is -2.39. The first-order valence-electron chi connectivity index (χ1n) is 7.09. The molecule has 1 aromatic rings. The zero-order valence-electron chi connectivity index (χ0n) is 12.9. The smallest absolute Gasteiger partial charge is 0.191 e. The van der Waals surface area contributed by atoms with Crippen LogP contribution in [0.5, 0.6) is 5.75 Å². The van der Waals surface area contributed by atoms with E-state index in [4.69, 9.17) is 4.74 Å². The van der Waals surface area contributed by atoms with Crippen LogP contribution in [-0.4, -0.2) is 43.7 Å². The van der Waals surface area contributed by atoms with Crippen molar-refractivity contribution >= 4 is 17.7 Å². The fraction of sp³-hybridized carbons (Fsp3) is 0.533. The van der Waals surface area contributed by atoms with Crippen molar-refractivity contribution in [2.45, 2.75) is 20.0 Å². The van der Waals surface area contributed by atoms with Gasteiger partial charge < -0.3 is 15.4 Å². The number of nitrogens with one attached hydrogen (secondary N) is 2. The maximum Gasteiger partial charge on any atom is 0.191 e. The van der Waals surface area contributed by atoms with Crippen LogP contribution in [0.15, 0.2) is 29.3 Å². The van der Waals surface area contributed by atoms with Gasteiger partial charge in [0.1, 0.15) is 6.10 Å². The molecule has 6 heteroatoms. The van der Waals surface area contributed by atoms with Gasteiger partial charge in [0.05, 0.1) is 6.54 Å². The number of rotatable bonds is 8. The average Bonchev–Trinajstić information content (AvgIpc) is 2.47. The zero-order chi connectivity index (χ0) is 15.5. The summed E-state index contributed by atoms with van der Waals surface area (Å²) >= 11 is 1.78. The van der Waals surface area contributed by atoms with Gasteiger partial charge in [0.2, 0.25) is 0 Å². The summed E-state index contributed by atoms with van der Waals surface area (Å²) < 4.78 is 19.0. The standard InChI is InChI=1S/C15H24FN3OS/c1-4-17-15(18-9-10-21-3)19-11-12(2)20-14-8-6-5-7-13(14)16/h5-8,12H,4,9-11H2,1-3H3,(H2,17,18,19). The average molecular weight is 313 g/mol. The lowest BCUT2D eigenvalue weighted by Gasteiger charge is -2.15. The second-order valence-corrected chi connectivity index (χ2v) is 5.48. The third-order valence-corrected chi connectivity index (χ3v) is 3.23. The van der Waals surface area contributed by atoms with Gasteiger partial charge in [-0.2, -0.15) is 11.8 Å². The molecule has 2 N–H and O–H groups in total. The molecule has 1 rings (SSSR count). The van der Waals surface area contributed by atoms with E-state index in [1.807, 2.05) is 13.8 Å². The van der Waals surface area contributed by atoms with Crippen molar-refractivity contribution in [3.8, 4) is 5.75 Å². The van der Waals surface area contributed by atoms with Crippen LogP contribution in [0.3, 0.4) is 0 Å². The SMILES string of the molecule is CCNC(=NCC(C)Oc1ccccc1F)NCCSC. The molecule has 4 nitrogen and oxygen atoms in total. The molecule has 0 saturated carbocycles. The van der Waals surface area contributed by atoms with E-state index in [2.05, 4.69) is 21.9 Å². The number of hydrogen-bond acceptors (Lipinski definition) is 3. The fourth-order valence-electron chi connectivity index (χ4n) is 1.63. The molecule has 0 aromatic heterocycles. The molecule has 0 fully saturated rings. The highest BCUT2D eigenvalue weighted by Crippen LogP contribution is 2.16. The van der Waals surface area contributed by atoms with Gasteiger partial charge in [-0.3, -0.25) is 0 Å². The normalized spacial score (nSPS) is 12.9. The predicted molar refractivity (Wildman–Crippen MR) is 88.9 cm³/mol. The number of hydrogen-bond donors (Lipinski definition) is 2. The molecule has 1 atom stereocenters. The highest BCUT2D eigenvalue weighted by Gasteiger charge is 2.07. The van der Waals surface area contributed by atoms with Crippen LogP contribution < -0.4 is 15.4 Å². The van der Waals surface area contributed by atoms with Crippen molar-refractivity contribution in [1.29, 1.82) is 0 Å². The second kappa shape index (κ2) is 10.3. The Morgan fingerprint density at radius 1 is 1.38 bits per heavy atom. The summed E-state index contributed by atoms with van der Waals surface area (Å²) in [5.74, 6) is 1.69. The molecule has 1 aromatic carbocycles. The number of aliphatic imine (C=N–C) groups is 1. The second-order valence-electron chi connectivity index (χ2n) is 4.50. The van der Waals surface area contributed by atoms with Crippen LogP contribution >= 0.6 is 11.8 Å². The third-order valence-electron chi connectivity index (χ3n) is 2.61. The van der Waals surface area contributed by atoms with E-state index < -0.39 is 0 Å². The quantitative estimate of drug-likeness (QED) is 0.440. The molecule has 0 radical (unpaired) electrons. The number of thioether (sulfide) groups is 1. The number of nitrogens with zero attached hydrogens (tertiary/aromatic N) is 1. The van der Waals surface area contributed by atoms with E-state index in [9.17, 15) is 4.39 Å². The van der Waals surface area contributed by atoms with Crippen molar-refractivity contribution in [1.82, 2.24) is 10.6 Å². The van der Waals surface area contributed by atoms with Crippen LogP contribution in [0.1, 0.15) is 13.8 Å². The summed E-state index contributed by atoms with van der Waals surface area (Å²) in [7, 11) is 0. The lowest BCUT2D eigenvalue weighted by molar-refractivity contribution is 0.220. The molecule has 118 valence electrons. The first kappa shape index (κ1) is 17.6. The summed E-state index contributed by atoms with van der Waals surface area (Å²) in [5, 5.41) is 6.41. The maximum atomic E-state index is 13.5. The highest BCUT2D eigenvalue weighted by molar-refractivity contribution is 7.98. The number of halogens is 1. The molecule has 0 spiro atoms. The number of benzene rings is 1. The van der Waals surface area contributed by atoms with Gasteiger partial charge in [0, 0.05) is 18.8 Å². The molecule has 1 unspecified atom stereocenters. The Labute approximate surface area is 130 Å². The molecule has 0 amide bonds. The van der Waals surface area contributed by atoms with Crippen molar-refractivity contribution in [3.05, 3.63) is 30.1 Å². The topological polar surface area (TPSA) is 45.7 Å². The van der Waals surface area contributed by atoms with Gasteiger partial charge >= 0.3 is 0 Å². The van der Waals surface area contributed by atoms with Gasteiger partial charge in [-0.05, 0) is 32.2 Å². The van der Waals surface area contributed by atoms with E-state index >= 15 is 0 Å². The Morgan fingerprint density at radius 3 is 2.81 bits per heavy atom. The molecule has 0 aliphatic rings. The van der Waals surface area contributed by atoms with Gasteiger partial charge in [0.15, 0.2) is 17.5 Å². The Kier molecular flexibility index (Phi) is 8.66. The Morgan fingerprint density at radius 2 is 2.14 bits per heavy atom. The Balaban J connectivity index is 2.48. The van der Waals surface area contributed by atoms with Crippen LogP contribution in [0.25, 0.3) is 0 Å². The van der Waals surface area contributed by atoms with Gasteiger partial charge in [-0.25, -0.2) is 9.38 Å². The van der Waals surface area contributed by atoms with Crippen molar-refractivity contribution in [2.75, 3.05) is 31.6 Å². The Bertz CT molecular complexity index is 443. The summed E-state index contributed by atoms with van der Waals surface area (Å²) in [6, 6.07) is 6.41. The number of para-hydroxylation sites is 1. The fourth-order valence-corrected chi connectivity index (χ4v) is 1.93. The summed E-state index contributed by atoms with van der Waals surface area (Å²) in [6.45, 7) is 6.01. The van der Waals surface area contributed by atoms with Crippen molar-refractivity contribution in [2.24, 2.45) is 4.99 Å². The minimum Gasteiger partial charge on any atom is -0.486 e. The third kappa shape index (κ3) is 7.22. The zero-order valence-corrected chi connectivity index (χ0v) is 13.7. The van der Waals surface area contributed by atoms with E-state index in [0.717, 1.165) is 24.8 Å². The summed E-state index contributed by atoms with van der Waals surface area (Å²) in [6.07, 6.45) is 1.87. The predicted octanol–water partition coefficient (Wildman–Crippen LogP) is 2.51. The minimum atomic E-state index is -0.349. The first-order chi connectivity index (χ1) is 10.2. The van der Waals surface area contributed by atoms with Crippen molar-refractivity contribution in [3.63, 3.8) is 0 Å². The molecule has 21 heavy (non-hydrogen) atoms. The van der Waals surface area contributed by atoms with Crippen LogP contribution in [-0.2, 0) is 0 Å². The largest absolute Gasteiger partial charge is 0.486 e. The molecule has 0 saturated heterocycles. The van der Waals surface area contributed by atoms with E-state index in [0.29, 0.717) is 6.54 Å². The number of ether oxygens (including phenoxy) is 1. The maximum absolute atomic E-state index is 13.5. The lowest BCUT2D eigenvalue weighted by atomic mass is 10.3. The molecular weight excluding hydrogens is 289 g/mol. The van der Waals surface area contributed by atoms with Crippen molar-refractivity contribution < 1.29 is 9.13 Å². The van der Waals surface area contributed by atoms with Gasteiger partial charge in [0.25, 0.3) is 0 Å². The number of guanidine groups is 1. The van der Waals surface area contributed by atoms with Crippen LogP contribution in [0.4, 0.5) is 4.39 Å². The van der Waals surface area contributed by atoms with E-state index in [1.54, 1.807) is 30.0 Å². The monoisotopic (exact) mass is 313 g/mol. The Hall–Kier alpha value is -1.43. The van der Waals surface area contributed by atoms with Gasteiger partial charge in [-0.1, -0.05) is 12.1 Å². The van der Waals surface area contributed by atoms with E-state index in [-0.39, 0.29) is 17.7 Å². The molecule has 0 heterocycles. The summed E-state index contributed by atoms with van der Waals surface area (Å²) in [4.78, 5) is 4.45. The van der Waals surface area contributed by atoms with Crippen LogP contribution in [0.2, 0.25) is 0 Å². The van der Waals surface area contributed by atoms with Gasteiger partial charge in [-0.15, -0.1) is 0 Å². The first-order valence-corrected chi connectivity index (χ1v) is 8.49. The summed E-state index contributed by atoms with van der Waals surface area (Å²) in [5.41, 5.74) is 0. The highest BCUT2D eigenvalue weighted by atomic mass is 32.2. The molecular formula is C15H24FN3OS. The molecule has 0 bridgehead atoms.